The second-order valence-corrected chi connectivity index (χ2v) is 8.38. The van der Waals surface area contributed by atoms with Gasteiger partial charge in [0, 0.05) is 10.7 Å². The zero-order valence-electron chi connectivity index (χ0n) is 11.5. The Hall–Kier alpha value is -0.910. The van der Waals surface area contributed by atoms with Crippen molar-refractivity contribution in [3.05, 3.63) is 63.3 Å². The van der Waals surface area contributed by atoms with E-state index in [-0.39, 0.29) is 17.4 Å². The van der Waals surface area contributed by atoms with E-state index in [4.69, 9.17) is 11.6 Å². The van der Waals surface area contributed by atoms with Crippen LogP contribution in [0.5, 0.6) is 0 Å². The molecule has 1 heterocycles. The van der Waals surface area contributed by atoms with E-state index in [1.54, 1.807) is 12.3 Å². The van der Waals surface area contributed by atoms with E-state index in [9.17, 15) is 8.42 Å². The molecule has 3 nitrogen and oxygen atoms in total. The summed E-state index contributed by atoms with van der Waals surface area (Å²) in [5, 5.41) is 0.361. The number of rotatable bonds is 5. The predicted molar refractivity (Wildman–Crippen MR) is 89.3 cm³/mol. The van der Waals surface area contributed by atoms with Crippen LogP contribution in [0.25, 0.3) is 0 Å². The Morgan fingerprint density at radius 3 is 2.57 bits per heavy atom. The Bertz CT molecular complexity index is 720. The highest BCUT2D eigenvalue weighted by Crippen LogP contribution is 2.23. The molecule has 0 aliphatic carbocycles. The highest BCUT2D eigenvalue weighted by Gasteiger charge is 2.20. The second-order valence-electron chi connectivity index (χ2n) is 4.95. The van der Waals surface area contributed by atoms with Gasteiger partial charge in [0.25, 0.3) is 0 Å². The molecule has 0 spiro atoms. The van der Waals surface area contributed by atoms with E-state index in [1.165, 1.54) is 0 Å². The summed E-state index contributed by atoms with van der Waals surface area (Å²) in [6, 6.07) is 11.3. The first-order chi connectivity index (χ1) is 9.87. The minimum absolute atomic E-state index is 0.0644. The lowest BCUT2D eigenvalue weighted by molar-refractivity contribution is 0.589. The fourth-order valence-electron chi connectivity index (χ4n) is 2.08. The molecule has 0 bridgehead atoms. The topological polar surface area (TPSA) is 47.0 Å². The fourth-order valence-corrected chi connectivity index (χ4v) is 4.57. The third-order valence-corrected chi connectivity index (χ3v) is 5.60. The van der Waals surface area contributed by atoms with E-state index in [1.807, 2.05) is 37.3 Å². The van der Waals surface area contributed by atoms with Gasteiger partial charge in [0.1, 0.15) is 0 Å². The first-order valence-corrected chi connectivity index (χ1v) is 9.42. The average Bonchev–Trinajstić information content (AvgIpc) is 2.42. The van der Waals surface area contributed by atoms with E-state index in [2.05, 4.69) is 20.9 Å². The van der Waals surface area contributed by atoms with Gasteiger partial charge in [-0.05, 0) is 33.5 Å². The Morgan fingerprint density at radius 1 is 1.29 bits per heavy atom. The first kappa shape index (κ1) is 16.5. The van der Waals surface area contributed by atoms with Crippen molar-refractivity contribution in [2.75, 3.05) is 5.75 Å². The molecule has 1 atom stereocenters. The third kappa shape index (κ3) is 4.80. The Balaban J connectivity index is 2.12. The van der Waals surface area contributed by atoms with Gasteiger partial charge >= 0.3 is 0 Å². The summed E-state index contributed by atoms with van der Waals surface area (Å²) in [5.41, 5.74) is 1.40. The van der Waals surface area contributed by atoms with Crippen LogP contribution in [-0.4, -0.2) is 19.2 Å². The second kappa shape index (κ2) is 6.90. The molecule has 1 unspecified atom stereocenters. The molecule has 0 N–H and O–H groups in total. The van der Waals surface area contributed by atoms with E-state index < -0.39 is 9.84 Å². The van der Waals surface area contributed by atoms with E-state index in [0.717, 1.165) is 10.0 Å². The molecule has 112 valence electrons. The van der Waals surface area contributed by atoms with Crippen LogP contribution in [0.15, 0.2) is 47.1 Å². The summed E-state index contributed by atoms with van der Waals surface area (Å²) in [6.07, 6.45) is 1.55. The molecule has 2 rings (SSSR count). The zero-order valence-corrected chi connectivity index (χ0v) is 14.6. The number of hydrogen-bond donors (Lipinski definition) is 0. The highest BCUT2D eigenvalue weighted by atomic mass is 79.9. The van der Waals surface area contributed by atoms with Gasteiger partial charge in [-0.25, -0.2) is 8.42 Å². The normalized spacial score (nSPS) is 13.1. The third-order valence-electron chi connectivity index (χ3n) is 3.11. The molecule has 0 saturated heterocycles. The van der Waals surface area contributed by atoms with Gasteiger partial charge in [-0.3, -0.25) is 4.98 Å². The molecular formula is C15H15BrClNO2S. The molecule has 0 aliphatic heterocycles. The molecule has 21 heavy (non-hydrogen) atoms. The Labute approximate surface area is 138 Å². The van der Waals surface area contributed by atoms with Crippen molar-refractivity contribution < 1.29 is 8.42 Å². The lowest BCUT2D eigenvalue weighted by atomic mass is 10.0. The van der Waals surface area contributed by atoms with Crippen molar-refractivity contribution in [2.24, 2.45) is 0 Å². The van der Waals surface area contributed by atoms with Crippen molar-refractivity contribution in [3.63, 3.8) is 0 Å². The molecule has 0 radical (unpaired) electrons. The van der Waals surface area contributed by atoms with Crippen molar-refractivity contribution >= 4 is 37.4 Å². The summed E-state index contributed by atoms with van der Waals surface area (Å²) in [5.74, 6) is -0.133. The molecule has 0 aliphatic rings. The minimum Gasteiger partial charge on any atom is -0.257 e. The maximum atomic E-state index is 12.3. The van der Waals surface area contributed by atoms with Gasteiger partial charge in [0.2, 0.25) is 0 Å². The van der Waals surface area contributed by atoms with Crippen molar-refractivity contribution in [3.8, 4) is 0 Å². The van der Waals surface area contributed by atoms with Gasteiger partial charge in [0.15, 0.2) is 9.84 Å². The van der Waals surface area contributed by atoms with E-state index >= 15 is 0 Å². The van der Waals surface area contributed by atoms with Gasteiger partial charge in [-0.2, -0.15) is 0 Å². The average molecular weight is 389 g/mol. The Kier molecular flexibility index (Phi) is 5.41. The standard InChI is InChI=1S/C15H15BrClNO2S/c1-11(12-5-3-2-4-6-12)9-21(19,20)10-15-14(17)7-13(16)8-18-15/h2-8,11H,9-10H2,1H3. The van der Waals surface area contributed by atoms with Crippen molar-refractivity contribution in [1.29, 1.82) is 0 Å². The smallest absolute Gasteiger partial charge is 0.156 e. The molecular weight excluding hydrogens is 374 g/mol. The van der Waals surface area contributed by atoms with Crippen molar-refractivity contribution in [2.45, 2.75) is 18.6 Å². The number of nitrogens with zero attached hydrogens (tertiary/aromatic N) is 1. The summed E-state index contributed by atoms with van der Waals surface area (Å²) in [4.78, 5) is 4.09. The summed E-state index contributed by atoms with van der Waals surface area (Å²) >= 11 is 9.28. The molecule has 1 aromatic heterocycles. The largest absolute Gasteiger partial charge is 0.257 e. The van der Waals surface area contributed by atoms with Gasteiger partial charge in [0.05, 0.1) is 22.2 Å². The lowest BCUT2D eigenvalue weighted by Crippen LogP contribution is -2.15. The fraction of sp³-hybridized carbons (Fsp3) is 0.267. The first-order valence-electron chi connectivity index (χ1n) is 6.42. The molecule has 2 aromatic rings. The highest BCUT2D eigenvalue weighted by molar-refractivity contribution is 9.10. The van der Waals surface area contributed by atoms with Gasteiger partial charge in [-0.15, -0.1) is 0 Å². The zero-order chi connectivity index (χ0) is 15.5. The summed E-state index contributed by atoms with van der Waals surface area (Å²) in [6.45, 7) is 1.91. The maximum Gasteiger partial charge on any atom is 0.156 e. The summed E-state index contributed by atoms with van der Waals surface area (Å²) in [7, 11) is -3.28. The number of sulfone groups is 1. The number of hydrogen-bond acceptors (Lipinski definition) is 3. The van der Waals surface area contributed by atoms with Gasteiger partial charge in [-0.1, -0.05) is 48.9 Å². The minimum atomic E-state index is -3.28. The molecule has 0 saturated carbocycles. The predicted octanol–water partition coefficient (Wildman–Crippen LogP) is 4.22. The number of halogens is 2. The van der Waals surface area contributed by atoms with Crippen LogP contribution in [0.4, 0.5) is 0 Å². The van der Waals surface area contributed by atoms with Gasteiger partial charge < -0.3 is 0 Å². The molecule has 1 aromatic carbocycles. The quantitative estimate of drug-likeness (QED) is 0.770. The summed E-state index contributed by atoms with van der Waals surface area (Å²) < 4.78 is 25.3. The van der Waals surface area contributed by atoms with Crippen LogP contribution >= 0.6 is 27.5 Å². The van der Waals surface area contributed by atoms with Crippen LogP contribution in [0, 0.1) is 0 Å². The molecule has 0 amide bonds. The number of aromatic nitrogens is 1. The number of pyridine rings is 1. The van der Waals surface area contributed by atoms with Crippen LogP contribution < -0.4 is 0 Å². The SMILES string of the molecule is CC(CS(=O)(=O)Cc1ncc(Br)cc1Cl)c1ccccc1. The lowest BCUT2D eigenvalue weighted by Gasteiger charge is -2.12. The molecule has 0 fully saturated rings. The van der Waals surface area contributed by atoms with Crippen LogP contribution in [0.2, 0.25) is 5.02 Å². The van der Waals surface area contributed by atoms with Crippen LogP contribution in [0.3, 0.4) is 0 Å². The Morgan fingerprint density at radius 2 is 1.95 bits per heavy atom. The van der Waals surface area contributed by atoms with Crippen LogP contribution in [0.1, 0.15) is 24.1 Å². The molecule has 6 heteroatoms. The number of benzene rings is 1. The monoisotopic (exact) mass is 387 g/mol. The van der Waals surface area contributed by atoms with Crippen LogP contribution in [-0.2, 0) is 15.6 Å². The maximum absolute atomic E-state index is 12.3. The van der Waals surface area contributed by atoms with E-state index in [0.29, 0.717) is 10.7 Å². The van der Waals surface area contributed by atoms with Crippen molar-refractivity contribution in [1.82, 2.24) is 4.98 Å².